The molecule has 0 aromatic heterocycles. The summed E-state index contributed by atoms with van der Waals surface area (Å²) in [5, 5.41) is 0. The Balaban J connectivity index is 1.88. The van der Waals surface area contributed by atoms with Crippen molar-refractivity contribution < 1.29 is 0 Å². The van der Waals surface area contributed by atoms with Gasteiger partial charge in [0.2, 0.25) is 0 Å². The molecule has 0 heterocycles. The quantitative estimate of drug-likeness (QED) is 0.553. The zero-order valence-electron chi connectivity index (χ0n) is 9.61. The molecule has 0 aromatic rings. The van der Waals surface area contributed by atoms with Crippen LogP contribution in [0.4, 0.5) is 0 Å². The number of fused-ring (bicyclic) bond motifs is 2. The molecule has 0 spiro atoms. The molecule has 0 heteroatoms. The average Bonchev–Trinajstić information content (AvgIpc) is 2.18. The van der Waals surface area contributed by atoms with Crippen molar-refractivity contribution in [2.24, 2.45) is 41.4 Å². The molecule has 4 aliphatic rings. The highest BCUT2D eigenvalue weighted by molar-refractivity contribution is 5.19. The van der Waals surface area contributed by atoms with Crippen LogP contribution in [-0.2, 0) is 0 Å². The first kappa shape index (κ1) is 9.00. The second-order valence-corrected chi connectivity index (χ2v) is 6.13. The van der Waals surface area contributed by atoms with Gasteiger partial charge < -0.3 is 0 Å². The van der Waals surface area contributed by atoms with Crippen LogP contribution in [0.2, 0.25) is 0 Å². The molecule has 4 aliphatic carbocycles. The van der Waals surface area contributed by atoms with Gasteiger partial charge in [0, 0.05) is 0 Å². The lowest BCUT2D eigenvalue weighted by Gasteiger charge is -2.64. The van der Waals surface area contributed by atoms with Crippen LogP contribution in [0, 0.1) is 41.4 Å². The van der Waals surface area contributed by atoms with Crippen LogP contribution in [0.1, 0.15) is 33.6 Å². The van der Waals surface area contributed by atoms with E-state index in [-0.39, 0.29) is 0 Å². The number of hydrogen-bond acceptors (Lipinski definition) is 0. The summed E-state index contributed by atoms with van der Waals surface area (Å²) in [7, 11) is 0. The van der Waals surface area contributed by atoms with E-state index < -0.39 is 0 Å². The molecule has 4 rings (SSSR count). The van der Waals surface area contributed by atoms with Gasteiger partial charge in [0.15, 0.2) is 0 Å². The van der Waals surface area contributed by atoms with Gasteiger partial charge in [0.05, 0.1) is 0 Å². The van der Waals surface area contributed by atoms with Gasteiger partial charge in [-0.15, -0.1) is 0 Å². The van der Waals surface area contributed by atoms with Crippen molar-refractivity contribution in [1.82, 2.24) is 0 Å². The van der Waals surface area contributed by atoms with E-state index in [1.54, 1.807) is 0 Å². The molecule has 0 radical (unpaired) electrons. The Hall–Kier alpha value is -0.260. The molecule has 0 N–H and O–H groups in total. The maximum Gasteiger partial charge on any atom is -0.0168 e. The Labute approximate surface area is 87.8 Å². The molecule has 5 unspecified atom stereocenters. The topological polar surface area (TPSA) is 0 Å². The first-order valence-electron chi connectivity index (χ1n) is 6.38. The second-order valence-electron chi connectivity index (χ2n) is 6.13. The predicted molar refractivity (Wildman–Crippen MR) is 59.8 cm³/mol. The third kappa shape index (κ3) is 0.951. The maximum atomic E-state index is 2.55. The largest absolute Gasteiger partial charge is 0.0851 e. The van der Waals surface area contributed by atoms with E-state index in [0.29, 0.717) is 0 Å². The van der Waals surface area contributed by atoms with E-state index in [1.807, 2.05) is 0 Å². The molecule has 0 saturated heterocycles. The van der Waals surface area contributed by atoms with Crippen molar-refractivity contribution in [1.29, 1.82) is 0 Å². The SMILES string of the molecule is CC(C)C1CCC2C3C=CC(C)[C@@H]2C31. The van der Waals surface area contributed by atoms with Gasteiger partial charge in [-0.3, -0.25) is 0 Å². The van der Waals surface area contributed by atoms with Gasteiger partial charge in [-0.25, -0.2) is 0 Å². The molecule has 0 aliphatic heterocycles. The molecular weight excluding hydrogens is 168 g/mol. The molecule has 78 valence electrons. The van der Waals surface area contributed by atoms with Gasteiger partial charge in [0.25, 0.3) is 0 Å². The lowest BCUT2D eigenvalue weighted by molar-refractivity contribution is -0.123. The highest BCUT2D eigenvalue weighted by Gasteiger charge is 2.58. The van der Waals surface area contributed by atoms with E-state index >= 15 is 0 Å². The van der Waals surface area contributed by atoms with E-state index in [0.717, 1.165) is 41.4 Å². The lowest BCUT2D eigenvalue weighted by atomic mass is 9.41. The summed E-state index contributed by atoms with van der Waals surface area (Å²) in [5.74, 6) is 7.00. The monoisotopic (exact) mass is 190 g/mol. The Bertz CT molecular complexity index is 263. The summed E-state index contributed by atoms with van der Waals surface area (Å²) >= 11 is 0. The van der Waals surface area contributed by atoms with E-state index in [1.165, 1.54) is 12.8 Å². The summed E-state index contributed by atoms with van der Waals surface area (Å²) < 4.78 is 0. The summed E-state index contributed by atoms with van der Waals surface area (Å²) in [6.07, 6.45) is 8.06. The van der Waals surface area contributed by atoms with Crippen LogP contribution in [0.3, 0.4) is 0 Å². The molecule has 14 heavy (non-hydrogen) atoms. The number of allylic oxidation sites excluding steroid dienone is 2. The standard InChI is InChI=1S/C14H22/c1-8(2)10-6-7-11-12-5-4-9(3)13(11)14(10)12/h4-5,8-14H,6-7H2,1-3H3/t9?,10?,11?,12?,13-,14?/m0/s1. The average molecular weight is 190 g/mol. The smallest absolute Gasteiger partial charge is 0.0168 e. The molecule has 0 amide bonds. The number of rotatable bonds is 1. The Kier molecular flexibility index (Phi) is 1.84. The zero-order chi connectivity index (χ0) is 9.87. The molecule has 6 atom stereocenters. The molecule has 3 fully saturated rings. The van der Waals surface area contributed by atoms with Crippen LogP contribution in [0.15, 0.2) is 12.2 Å². The van der Waals surface area contributed by atoms with Crippen LogP contribution in [-0.4, -0.2) is 0 Å². The van der Waals surface area contributed by atoms with Crippen LogP contribution in [0.5, 0.6) is 0 Å². The Morgan fingerprint density at radius 2 is 1.86 bits per heavy atom. The fourth-order valence-electron chi connectivity index (χ4n) is 4.69. The Morgan fingerprint density at radius 1 is 1.07 bits per heavy atom. The van der Waals surface area contributed by atoms with Crippen molar-refractivity contribution in [3.63, 3.8) is 0 Å². The molecule has 3 saturated carbocycles. The van der Waals surface area contributed by atoms with E-state index in [2.05, 4.69) is 32.9 Å². The van der Waals surface area contributed by atoms with Crippen LogP contribution in [0.25, 0.3) is 0 Å². The predicted octanol–water partition coefficient (Wildman–Crippen LogP) is 3.74. The third-order valence-electron chi connectivity index (χ3n) is 5.31. The van der Waals surface area contributed by atoms with Gasteiger partial charge in [0.1, 0.15) is 0 Å². The van der Waals surface area contributed by atoms with Crippen molar-refractivity contribution in [2.75, 3.05) is 0 Å². The van der Waals surface area contributed by atoms with E-state index in [9.17, 15) is 0 Å². The van der Waals surface area contributed by atoms with Gasteiger partial charge >= 0.3 is 0 Å². The van der Waals surface area contributed by atoms with Crippen LogP contribution < -0.4 is 0 Å². The minimum absolute atomic E-state index is 0.872. The fourth-order valence-corrected chi connectivity index (χ4v) is 4.69. The van der Waals surface area contributed by atoms with Crippen molar-refractivity contribution >= 4 is 0 Å². The lowest BCUT2D eigenvalue weighted by Crippen LogP contribution is -2.58. The molecule has 0 aromatic carbocycles. The third-order valence-corrected chi connectivity index (χ3v) is 5.31. The first-order valence-corrected chi connectivity index (χ1v) is 6.38. The van der Waals surface area contributed by atoms with Crippen molar-refractivity contribution in [3.05, 3.63) is 12.2 Å². The zero-order valence-corrected chi connectivity index (χ0v) is 9.61. The minimum atomic E-state index is 0.872. The molecule has 0 nitrogen and oxygen atoms in total. The normalized spacial score (nSPS) is 54.6. The second kappa shape index (κ2) is 2.87. The van der Waals surface area contributed by atoms with E-state index in [4.69, 9.17) is 0 Å². The first-order chi connectivity index (χ1) is 6.70. The number of hydrogen-bond donors (Lipinski definition) is 0. The minimum Gasteiger partial charge on any atom is -0.0851 e. The van der Waals surface area contributed by atoms with Gasteiger partial charge in [-0.2, -0.15) is 0 Å². The highest BCUT2D eigenvalue weighted by atomic mass is 14.6. The molecular formula is C14H22. The Morgan fingerprint density at radius 3 is 2.50 bits per heavy atom. The highest BCUT2D eigenvalue weighted by Crippen LogP contribution is 2.64. The van der Waals surface area contributed by atoms with Crippen molar-refractivity contribution in [2.45, 2.75) is 33.6 Å². The van der Waals surface area contributed by atoms with Gasteiger partial charge in [-0.05, 0) is 54.3 Å². The van der Waals surface area contributed by atoms with Crippen molar-refractivity contribution in [3.8, 4) is 0 Å². The summed E-state index contributed by atoms with van der Waals surface area (Å²) in [6.45, 7) is 7.28. The molecule has 4 bridgehead atoms. The summed E-state index contributed by atoms with van der Waals surface area (Å²) in [4.78, 5) is 0. The summed E-state index contributed by atoms with van der Waals surface area (Å²) in [5.41, 5.74) is 0. The maximum absolute atomic E-state index is 2.55. The summed E-state index contributed by atoms with van der Waals surface area (Å²) in [6, 6.07) is 0. The fraction of sp³-hybridized carbons (Fsp3) is 0.857. The van der Waals surface area contributed by atoms with Crippen LogP contribution >= 0.6 is 0 Å². The van der Waals surface area contributed by atoms with Gasteiger partial charge in [-0.1, -0.05) is 32.9 Å².